The lowest BCUT2D eigenvalue weighted by Gasteiger charge is -2.68. The van der Waals surface area contributed by atoms with Crippen LogP contribution in [0.1, 0.15) is 59.3 Å². The molecule has 4 aliphatic rings. The van der Waals surface area contributed by atoms with Crippen molar-refractivity contribution in [3.8, 4) is 0 Å². The van der Waals surface area contributed by atoms with Gasteiger partial charge < -0.3 is 9.99 Å². The average Bonchev–Trinajstić information content (AvgIpc) is 2.37. The zero-order chi connectivity index (χ0) is 17.9. The van der Waals surface area contributed by atoms with Gasteiger partial charge in [0, 0.05) is 5.41 Å². The van der Waals surface area contributed by atoms with Crippen molar-refractivity contribution in [1.82, 2.24) is 0 Å². The highest BCUT2D eigenvalue weighted by Gasteiger charge is 2.64. The second-order valence-corrected chi connectivity index (χ2v) is 10.1. The largest absolute Gasteiger partial charge is 0.691 e. The maximum Gasteiger partial charge on any atom is 0.415 e. The van der Waals surface area contributed by atoms with E-state index in [0.717, 1.165) is 38.5 Å². The first-order valence-electron chi connectivity index (χ1n) is 8.13. The second-order valence-electron chi connectivity index (χ2n) is 9.30. The molecule has 0 aliphatic heterocycles. The SMILES string of the molecule is CC12CC3(C)CC(C)(C1)CC(COC(=O)C(F)(F)SOO[O-])(C2)C3. The van der Waals surface area contributed by atoms with Gasteiger partial charge in [0.25, 0.3) is 0 Å². The molecule has 0 aromatic rings. The van der Waals surface area contributed by atoms with Crippen molar-refractivity contribution in [2.75, 3.05) is 6.61 Å². The molecular formula is C16H23F2O5S-. The van der Waals surface area contributed by atoms with Gasteiger partial charge in [-0.3, -0.25) is 5.04 Å². The van der Waals surface area contributed by atoms with Crippen LogP contribution in [0.15, 0.2) is 0 Å². The summed E-state index contributed by atoms with van der Waals surface area (Å²) in [5.74, 6) is -1.69. The molecule has 138 valence electrons. The molecule has 8 heteroatoms. The van der Waals surface area contributed by atoms with Crippen LogP contribution in [0, 0.1) is 21.7 Å². The van der Waals surface area contributed by atoms with Crippen molar-refractivity contribution in [3.05, 3.63) is 0 Å². The van der Waals surface area contributed by atoms with Gasteiger partial charge >= 0.3 is 11.2 Å². The summed E-state index contributed by atoms with van der Waals surface area (Å²) in [5, 5.41) is 8.57. The van der Waals surface area contributed by atoms with Gasteiger partial charge in [-0.2, -0.15) is 13.1 Å². The van der Waals surface area contributed by atoms with Crippen LogP contribution in [0.25, 0.3) is 0 Å². The quantitative estimate of drug-likeness (QED) is 0.311. The number of rotatable bonds is 6. The Labute approximate surface area is 144 Å². The maximum absolute atomic E-state index is 13.5. The highest BCUT2D eigenvalue weighted by atomic mass is 32.2. The molecule has 4 fully saturated rings. The highest BCUT2D eigenvalue weighted by Crippen LogP contribution is 2.73. The minimum Gasteiger partial charge on any atom is -0.691 e. The fourth-order valence-corrected chi connectivity index (χ4v) is 7.34. The van der Waals surface area contributed by atoms with Gasteiger partial charge in [0.2, 0.25) is 0 Å². The molecule has 0 amide bonds. The number of alkyl halides is 2. The van der Waals surface area contributed by atoms with Crippen LogP contribution in [-0.4, -0.2) is 17.8 Å². The number of esters is 1. The zero-order valence-corrected chi connectivity index (χ0v) is 15.0. The summed E-state index contributed by atoms with van der Waals surface area (Å²) in [6.07, 6.45) is 6.13. The Morgan fingerprint density at radius 3 is 1.92 bits per heavy atom. The minimum absolute atomic E-state index is 0.0129. The van der Waals surface area contributed by atoms with Crippen molar-refractivity contribution in [3.63, 3.8) is 0 Å². The van der Waals surface area contributed by atoms with E-state index in [2.05, 4.69) is 30.1 Å². The monoisotopic (exact) mass is 365 g/mol. The fraction of sp³-hybridized carbons (Fsp3) is 0.938. The van der Waals surface area contributed by atoms with Gasteiger partial charge in [-0.25, -0.2) is 4.79 Å². The van der Waals surface area contributed by atoms with E-state index in [4.69, 9.17) is 4.74 Å². The topological polar surface area (TPSA) is 67.8 Å². The first kappa shape index (κ1) is 18.4. The van der Waals surface area contributed by atoms with Gasteiger partial charge in [-0.05, 0) is 54.8 Å². The lowest BCUT2D eigenvalue weighted by atomic mass is 9.36. The Morgan fingerprint density at radius 2 is 1.50 bits per heavy atom. The van der Waals surface area contributed by atoms with E-state index < -0.39 is 23.3 Å². The molecule has 0 radical (unpaired) electrons. The van der Waals surface area contributed by atoms with Crippen molar-refractivity contribution in [1.29, 1.82) is 0 Å². The summed E-state index contributed by atoms with van der Waals surface area (Å²) in [6, 6.07) is 0. The molecule has 4 aliphatic carbocycles. The molecule has 0 saturated heterocycles. The molecule has 0 spiro atoms. The summed E-state index contributed by atoms with van der Waals surface area (Å²) in [7, 11) is 0. The number of carbonyl (C=O) groups excluding carboxylic acids is 1. The summed E-state index contributed by atoms with van der Waals surface area (Å²) in [6.45, 7) is 6.78. The van der Waals surface area contributed by atoms with E-state index in [9.17, 15) is 18.8 Å². The van der Waals surface area contributed by atoms with Gasteiger partial charge in [0.05, 0.1) is 6.61 Å². The zero-order valence-electron chi connectivity index (χ0n) is 14.2. The normalized spacial score (nSPS) is 43.9. The van der Waals surface area contributed by atoms with Crippen molar-refractivity contribution < 1.29 is 32.9 Å². The van der Waals surface area contributed by atoms with E-state index in [1.165, 1.54) is 0 Å². The third-order valence-electron chi connectivity index (χ3n) is 5.88. The molecule has 0 heterocycles. The third kappa shape index (κ3) is 3.30. The summed E-state index contributed by atoms with van der Waals surface area (Å²) in [4.78, 5) is 11.7. The first-order chi connectivity index (χ1) is 10.9. The highest BCUT2D eigenvalue weighted by molar-refractivity contribution is 7.96. The maximum atomic E-state index is 13.5. The van der Waals surface area contributed by atoms with Crippen LogP contribution >= 0.6 is 12.0 Å². The smallest absolute Gasteiger partial charge is 0.415 e. The lowest BCUT2D eigenvalue weighted by Crippen LogP contribution is -2.60. The van der Waals surface area contributed by atoms with Gasteiger partial charge in [0.1, 0.15) is 12.0 Å². The van der Waals surface area contributed by atoms with E-state index in [-0.39, 0.29) is 28.3 Å². The Bertz CT molecular complexity index is 487. The molecule has 4 rings (SSSR count). The summed E-state index contributed by atoms with van der Waals surface area (Å²) < 4.78 is 35.6. The predicted octanol–water partition coefficient (Wildman–Crippen LogP) is 3.38. The van der Waals surface area contributed by atoms with Crippen LogP contribution in [0.4, 0.5) is 8.78 Å². The summed E-state index contributed by atoms with van der Waals surface area (Å²) in [5.41, 5.74) is 0.309. The molecule has 0 atom stereocenters. The predicted molar refractivity (Wildman–Crippen MR) is 80.1 cm³/mol. The molecule has 0 N–H and O–H groups in total. The number of halogens is 2. The molecule has 4 bridgehead atoms. The summed E-state index contributed by atoms with van der Waals surface area (Å²) >= 11 is -0.641. The van der Waals surface area contributed by atoms with E-state index in [0.29, 0.717) is 0 Å². The van der Waals surface area contributed by atoms with Crippen molar-refractivity contribution in [2.24, 2.45) is 21.7 Å². The molecular weight excluding hydrogens is 342 g/mol. The van der Waals surface area contributed by atoms with E-state index in [1.54, 1.807) is 0 Å². The second kappa shape index (κ2) is 5.53. The molecule has 4 saturated carbocycles. The van der Waals surface area contributed by atoms with Crippen molar-refractivity contribution >= 4 is 18.0 Å². The average molecular weight is 365 g/mol. The number of ether oxygens (including phenoxy) is 1. The first-order valence-corrected chi connectivity index (χ1v) is 8.87. The van der Waals surface area contributed by atoms with Crippen LogP contribution in [0.5, 0.6) is 0 Å². The van der Waals surface area contributed by atoms with Crippen LogP contribution in [0.2, 0.25) is 0 Å². The van der Waals surface area contributed by atoms with Crippen LogP contribution in [-0.2, 0) is 18.9 Å². The fourth-order valence-electron chi connectivity index (χ4n) is 7.10. The lowest BCUT2D eigenvalue weighted by molar-refractivity contribution is -0.777. The number of hydrogen-bond acceptors (Lipinski definition) is 6. The Kier molecular flexibility index (Phi) is 4.23. The van der Waals surface area contributed by atoms with Crippen LogP contribution < -0.4 is 5.26 Å². The standard InChI is InChI=1S/C16H24F2O5S/c1-12-4-13(2)6-14(3,5-12)9-15(7-12,8-13)10-21-11(19)16(17,18)24-23-22-20/h20H,4-10H2,1-3H3/p-1. The van der Waals surface area contributed by atoms with Gasteiger partial charge in [-0.15, -0.1) is 0 Å². The van der Waals surface area contributed by atoms with Crippen LogP contribution in [0.3, 0.4) is 0 Å². The molecule has 24 heavy (non-hydrogen) atoms. The van der Waals surface area contributed by atoms with E-state index >= 15 is 0 Å². The molecule has 0 aromatic carbocycles. The molecule has 0 unspecified atom stereocenters. The van der Waals surface area contributed by atoms with E-state index in [1.807, 2.05) is 0 Å². The Balaban J connectivity index is 1.70. The number of carbonyl (C=O) groups is 1. The molecule has 0 aromatic heterocycles. The molecule has 5 nitrogen and oxygen atoms in total. The van der Waals surface area contributed by atoms with Crippen molar-refractivity contribution in [2.45, 2.75) is 64.6 Å². The van der Waals surface area contributed by atoms with Gasteiger partial charge in [0.15, 0.2) is 0 Å². The minimum atomic E-state index is -3.97. The Hall–Kier alpha value is -0.440. The Morgan fingerprint density at radius 1 is 1.04 bits per heavy atom. The third-order valence-corrected chi connectivity index (χ3v) is 6.38. The number of hydrogen-bond donors (Lipinski definition) is 0. The van der Waals surface area contributed by atoms with Gasteiger partial charge in [-0.1, -0.05) is 20.8 Å².